The van der Waals surface area contributed by atoms with Crippen LogP contribution in [0.1, 0.15) is 11.1 Å². The SMILES string of the molecule is NC(Cc1ccccc1)(Cc1ccccc1)CP(=O)(O)O. The van der Waals surface area contributed by atoms with Gasteiger partial charge in [-0.2, -0.15) is 0 Å². The zero-order valence-electron chi connectivity index (χ0n) is 11.7. The van der Waals surface area contributed by atoms with E-state index in [0.717, 1.165) is 11.1 Å². The van der Waals surface area contributed by atoms with Gasteiger partial charge in [0, 0.05) is 5.54 Å². The van der Waals surface area contributed by atoms with E-state index < -0.39 is 13.1 Å². The molecule has 4 nitrogen and oxygen atoms in total. The van der Waals surface area contributed by atoms with Gasteiger partial charge in [-0.25, -0.2) is 0 Å². The molecule has 2 aromatic carbocycles. The van der Waals surface area contributed by atoms with Gasteiger partial charge in [0.05, 0.1) is 6.16 Å². The molecule has 2 aromatic rings. The van der Waals surface area contributed by atoms with Gasteiger partial charge in [0.25, 0.3) is 0 Å². The molecule has 0 unspecified atom stereocenters. The summed E-state index contributed by atoms with van der Waals surface area (Å²) in [6.45, 7) is 0. The van der Waals surface area contributed by atoms with Gasteiger partial charge in [-0.15, -0.1) is 0 Å². The zero-order chi connectivity index (χ0) is 15.3. The van der Waals surface area contributed by atoms with Crippen LogP contribution in [-0.2, 0) is 17.4 Å². The fourth-order valence-corrected chi connectivity index (χ4v) is 3.63. The highest BCUT2D eigenvalue weighted by molar-refractivity contribution is 7.51. The number of hydrogen-bond donors (Lipinski definition) is 3. The van der Waals surface area contributed by atoms with E-state index in [4.69, 9.17) is 5.73 Å². The van der Waals surface area contributed by atoms with Crippen molar-refractivity contribution in [1.82, 2.24) is 0 Å². The van der Waals surface area contributed by atoms with E-state index in [9.17, 15) is 14.4 Å². The van der Waals surface area contributed by atoms with E-state index in [1.165, 1.54) is 0 Å². The first kappa shape index (κ1) is 15.9. The average molecular weight is 305 g/mol. The lowest BCUT2D eigenvalue weighted by atomic mass is 9.87. The molecule has 112 valence electrons. The third-order valence-corrected chi connectivity index (χ3v) is 4.36. The van der Waals surface area contributed by atoms with Gasteiger partial charge < -0.3 is 15.5 Å². The van der Waals surface area contributed by atoms with Crippen LogP contribution in [-0.4, -0.2) is 21.5 Å². The molecular formula is C16H20NO3P. The lowest BCUT2D eigenvalue weighted by Crippen LogP contribution is -2.47. The Morgan fingerprint density at radius 2 is 1.24 bits per heavy atom. The van der Waals surface area contributed by atoms with Gasteiger partial charge in [0.15, 0.2) is 0 Å². The van der Waals surface area contributed by atoms with Crippen molar-refractivity contribution in [3.8, 4) is 0 Å². The Balaban J connectivity index is 2.23. The first-order valence-electron chi connectivity index (χ1n) is 6.78. The van der Waals surface area contributed by atoms with E-state index in [-0.39, 0.29) is 6.16 Å². The minimum atomic E-state index is -4.19. The van der Waals surface area contributed by atoms with Crippen LogP contribution >= 0.6 is 7.60 Å². The molecule has 0 aromatic heterocycles. The summed E-state index contributed by atoms with van der Waals surface area (Å²) >= 11 is 0. The first-order valence-corrected chi connectivity index (χ1v) is 8.57. The Bertz CT molecular complexity index is 568. The number of nitrogens with two attached hydrogens (primary N) is 1. The molecule has 0 atom stereocenters. The normalized spacial score (nSPS) is 12.3. The van der Waals surface area contributed by atoms with Crippen LogP contribution in [0, 0.1) is 0 Å². The summed E-state index contributed by atoms with van der Waals surface area (Å²) < 4.78 is 11.4. The van der Waals surface area contributed by atoms with Crippen molar-refractivity contribution in [3.63, 3.8) is 0 Å². The highest BCUT2D eigenvalue weighted by Gasteiger charge is 2.33. The molecule has 0 amide bonds. The van der Waals surface area contributed by atoms with Crippen molar-refractivity contribution in [3.05, 3.63) is 71.8 Å². The van der Waals surface area contributed by atoms with Crippen molar-refractivity contribution >= 4 is 7.60 Å². The summed E-state index contributed by atoms with van der Waals surface area (Å²) in [5.74, 6) is 0. The van der Waals surface area contributed by atoms with Crippen molar-refractivity contribution in [2.45, 2.75) is 18.4 Å². The fourth-order valence-electron chi connectivity index (χ4n) is 2.59. The van der Waals surface area contributed by atoms with Crippen LogP contribution in [0.25, 0.3) is 0 Å². The molecule has 0 radical (unpaired) electrons. The second-order valence-corrected chi connectivity index (χ2v) is 7.16. The van der Waals surface area contributed by atoms with Crippen LogP contribution in [0.2, 0.25) is 0 Å². The highest BCUT2D eigenvalue weighted by atomic mass is 31.2. The maximum Gasteiger partial charge on any atom is 0.327 e. The van der Waals surface area contributed by atoms with E-state index in [0.29, 0.717) is 12.8 Å². The van der Waals surface area contributed by atoms with E-state index in [1.807, 2.05) is 60.7 Å². The summed E-state index contributed by atoms with van der Waals surface area (Å²) in [5, 5.41) is 0. The van der Waals surface area contributed by atoms with Crippen LogP contribution in [0.4, 0.5) is 0 Å². The molecule has 0 aliphatic rings. The predicted molar refractivity (Wildman–Crippen MR) is 84.1 cm³/mol. The highest BCUT2D eigenvalue weighted by Crippen LogP contribution is 2.39. The predicted octanol–water partition coefficient (Wildman–Crippen LogP) is 2.35. The third kappa shape index (κ3) is 5.44. The molecule has 0 saturated carbocycles. The maximum atomic E-state index is 11.4. The Morgan fingerprint density at radius 3 is 1.57 bits per heavy atom. The summed E-state index contributed by atoms with van der Waals surface area (Å²) in [6, 6.07) is 19.1. The lowest BCUT2D eigenvalue weighted by Gasteiger charge is -2.30. The Hall–Kier alpha value is -1.45. The molecular weight excluding hydrogens is 285 g/mol. The summed E-state index contributed by atoms with van der Waals surface area (Å²) in [7, 11) is -4.19. The van der Waals surface area contributed by atoms with Gasteiger partial charge in [-0.3, -0.25) is 4.57 Å². The van der Waals surface area contributed by atoms with Crippen molar-refractivity contribution in [2.24, 2.45) is 5.73 Å². The van der Waals surface area contributed by atoms with Crippen LogP contribution in [0.15, 0.2) is 60.7 Å². The van der Waals surface area contributed by atoms with Gasteiger partial charge in [-0.1, -0.05) is 60.7 Å². The molecule has 0 bridgehead atoms. The second kappa shape index (κ2) is 6.54. The number of rotatable bonds is 6. The third-order valence-electron chi connectivity index (χ3n) is 3.32. The summed E-state index contributed by atoms with van der Waals surface area (Å²) in [5.41, 5.74) is 7.34. The quantitative estimate of drug-likeness (QED) is 0.715. The van der Waals surface area contributed by atoms with E-state index in [2.05, 4.69) is 0 Å². The summed E-state index contributed by atoms with van der Waals surface area (Å²) in [4.78, 5) is 18.7. The maximum absolute atomic E-state index is 11.4. The fraction of sp³-hybridized carbons (Fsp3) is 0.250. The van der Waals surface area contributed by atoms with Gasteiger partial charge in [-0.05, 0) is 24.0 Å². The van der Waals surface area contributed by atoms with Crippen LogP contribution < -0.4 is 5.73 Å². The smallest absolute Gasteiger partial charge is 0.324 e. The zero-order valence-corrected chi connectivity index (χ0v) is 12.6. The molecule has 0 saturated heterocycles. The lowest BCUT2D eigenvalue weighted by molar-refractivity contribution is 0.347. The molecule has 21 heavy (non-hydrogen) atoms. The number of hydrogen-bond acceptors (Lipinski definition) is 2. The Morgan fingerprint density at radius 1 is 0.857 bits per heavy atom. The topological polar surface area (TPSA) is 83.6 Å². The molecule has 4 N–H and O–H groups in total. The minimum Gasteiger partial charge on any atom is -0.324 e. The standard InChI is InChI=1S/C16H20NO3P/c17-16(13-21(18,19)20,11-14-7-3-1-4-8-14)12-15-9-5-2-6-10-15/h1-10H,11-13,17H2,(H2,18,19,20). The van der Waals surface area contributed by atoms with Gasteiger partial charge in [0.2, 0.25) is 0 Å². The van der Waals surface area contributed by atoms with Crippen LogP contribution in [0.3, 0.4) is 0 Å². The molecule has 0 aliphatic carbocycles. The van der Waals surface area contributed by atoms with Crippen molar-refractivity contribution < 1.29 is 14.4 Å². The molecule has 0 aliphatic heterocycles. The van der Waals surface area contributed by atoms with E-state index in [1.54, 1.807) is 0 Å². The monoisotopic (exact) mass is 305 g/mol. The first-order chi connectivity index (χ1) is 9.86. The second-order valence-electron chi connectivity index (χ2n) is 5.51. The molecule has 0 spiro atoms. The van der Waals surface area contributed by atoms with Gasteiger partial charge in [0.1, 0.15) is 0 Å². The Labute approximate surface area is 124 Å². The van der Waals surface area contributed by atoms with Gasteiger partial charge >= 0.3 is 7.60 Å². The number of benzene rings is 2. The molecule has 0 fully saturated rings. The van der Waals surface area contributed by atoms with E-state index >= 15 is 0 Å². The van der Waals surface area contributed by atoms with Crippen LogP contribution in [0.5, 0.6) is 0 Å². The van der Waals surface area contributed by atoms with Crippen molar-refractivity contribution in [1.29, 1.82) is 0 Å². The average Bonchev–Trinajstić information content (AvgIpc) is 2.38. The minimum absolute atomic E-state index is 0.330. The molecule has 0 heterocycles. The molecule has 5 heteroatoms. The largest absolute Gasteiger partial charge is 0.327 e. The Kier molecular flexibility index (Phi) is 4.96. The van der Waals surface area contributed by atoms with Crippen molar-refractivity contribution in [2.75, 3.05) is 6.16 Å². The summed E-state index contributed by atoms with van der Waals surface area (Å²) in [6.07, 6.45) is 0.519. The molecule has 2 rings (SSSR count).